The van der Waals surface area contributed by atoms with Gasteiger partial charge in [-0.15, -0.1) is 0 Å². The zero-order valence-corrected chi connectivity index (χ0v) is 13.7. The van der Waals surface area contributed by atoms with Crippen LogP contribution >= 0.6 is 0 Å². The number of rotatable bonds is 3. The molecule has 3 aromatic carbocycles. The summed E-state index contributed by atoms with van der Waals surface area (Å²) in [5.74, 6) is 0.828. The Labute approximate surface area is 140 Å². The van der Waals surface area contributed by atoms with Crippen LogP contribution in [0, 0.1) is 6.92 Å². The molecule has 0 unspecified atom stereocenters. The maximum atomic E-state index is 5.37. The second-order valence-corrected chi connectivity index (χ2v) is 5.85. The number of ether oxygens (including phenoxy) is 1. The van der Waals surface area contributed by atoms with Crippen molar-refractivity contribution in [3.63, 3.8) is 0 Å². The molecule has 4 rings (SSSR count). The van der Waals surface area contributed by atoms with Crippen LogP contribution in [0.4, 0.5) is 11.4 Å². The Morgan fingerprint density at radius 1 is 0.833 bits per heavy atom. The van der Waals surface area contributed by atoms with Gasteiger partial charge < -0.3 is 10.1 Å². The molecular weight excluding hydrogens is 296 g/mol. The number of hydrogen-bond acceptors (Lipinski definition) is 3. The fourth-order valence-electron chi connectivity index (χ4n) is 3.05. The molecule has 4 aromatic rings. The number of fused-ring (bicyclic) bond motifs is 2. The molecule has 0 fully saturated rings. The highest BCUT2D eigenvalue weighted by Gasteiger charge is 2.08. The van der Waals surface area contributed by atoms with Crippen molar-refractivity contribution >= 4 is 33.1 Å². The maximum absolute atomic E-state index is 5.37. The number of hydrogen-bond donors (Lipinski definition) is 1. The molecule has 0 aliphatic rings. The summed E-state index contributed by atoms with van der Waals surface area (Å²) < 4.78 is 5.37. The Balaban J connectivity index is 1.89. The second kappa shape index (κ2) is 5.85. The SMILES string of the molecule is COc1ccc2nc(C)cc(Nc3cccc4ccccc34)c2c1. The molecule has 0 spiro atoms. The summed E-state index contributed by atoms with van der Waals surface area (Å²) in [4.78, 5) is 4.62. The molecule has 0 amide bonds. The number of pyridine rings is 1. The van der Waals surface area contributed by atoms with Crippen LogP contribution in [0.3, 0.4) is 0 Å². The first kappa shape index (κ1) is 14.5. The van der Waals surface area contributed by atoms with Gasteiger partial charge in [0, 0.05) is 27.8 Å². The molecule has 0 aliphatic heterocycles. The van der Waals surface area contributed by atoms with Gasteiger partial charge >= 0.3 is 0 Å². The first-order valence-electron chi connectivity index (χ1n) is 7.95. The maximum Gasteiger partial charge on any atom is 0.119 e. The van der Waals surface area contributed by atoms with Crippen molar-refractivity contribution in [3.8, 4) is 5.75 Å². The Hall–Kier alpha value is -3.07. The Morgan fingerprint density at radius 2 is 1.67 bits per heavy atom. The molecule has 0 aliphatic carbocycles. The van der Waals surface area contributed by atoms with E-state index >= 15 is 0 Å². The molecule has 3 heteroatoms. The predicted octanol–water partition coefficient (Wildman–Crippen LogP) is 5.45. The number of anilines is 2. The largest absolute Gasteiger partial charge is 0.497 e. The summed E-state index contributed by atoms with van der Waals surface area (Å²) in [6.45, 7) is 2.01. The summed E-state index contributed by atoms with van der Waals surface area (Å²) in [6, 6.07) is 22.7. The van der Waals surface area contributed by atoms with Crippen LogP contribution in [0.15, 0.2) is 66.7 Å². The predicted molar refractivity (Wildman–Crippen MR) is 100 cm³/mol. The monoisotopic (exact) mass is 314 g/mol. The van der Waals surface area contributed by atoms with E-state index in [0.717, 1.165) is 33.7 Å². The third kappa shape index (κ3) is 2.54. The van der Waals surface area contributed by atoms with E-state index in [9.17, 15) is 0 Å². The van der Waals surface area contributed by atoms with Crippen LogP contribution in [0.25, 0.3) is 21.7 Å². The van der Waals surface area contributed by atoms with Crippen LogP contribution in [-0.4, -0.2) is 12.1 Å². The highest BCUT2D eigenvalue weighted by molar-refractivity contribution is 6.00. The lowest BCUT2D eigenvalue weighted by atomic mass is 10.1. The molecule has 1 N–H and O–H groups in total. The minimum Gasteiger partial charge on any atom is -0.497 e. The molecular formula is C21H18N2O. The van der Waals surface area contributed by atoms with E-state index in [1.165, 1.54) is 10.8 Å². The highest BCUT2D eigenvalue weighted by atomic mass is 16.5. The Morgan fingerprint density at radius 3 is 2.54 bits per heavy atom. The molecule has 1 aromatic heterocycles. The summed E-state index contributed by atoms with van der Waals surface area (Å²) in [5.41, 5.74) is 4.06. The van der Waals surface area contributed by atoms with Gasteiger partial charge in [-0.1, -0.05) is 36.4 Å². The third-order valence-corrected chi connectivity index (χ3v) is 4.20. The summed E-state index contributed by atoms with van der Waals surface area (Å²) in [7, 11) is 1.68. The van der Waals surface area contributed by atoms with E-state index in [2.05, 4.69) is 58.8 Å². The standard InChI is InChI=1S/C21H18N2O/c1-14-12-21(18-13-16(24-2)10-11-20(18)22-14)23-19-9-5-7-15-6-3-4-8-17(15)19/h3-13H,1-2H3,(H,22,23). The van der Waals surface area contributed by atoms with E-state index in [0.29, 0.717) is 0 Å². The second-order valence-electron chi connectivity index (χ2n) is 5.85. The van der Waals surface area contributed by atoms with Gasteiger partial charge in [-0.2, -0.15) is 0 Å². The fourth-order valence-corrected chi connectivity index (χ4v) is 3.05. The van der Waals surface area contributed by atoms with Gasteiger partial charge in [0.1, 0.15) is 5.75 Å². The number of methoxy groups -OCH3 is 1. The number of benzene rings is 3. The topological polar surface area (TPSA) is 34.1 Å². The molecule has 118 valence electrons. The van der Waals surface area contributed by atoms with Crippen molar-refractivity contribution < 1.29 is 4.74 Å². The fraction of sp³-hybridized carbons (Fsp3) is 0.0952. The molecule has 0 atom stereocenters. The third-order valence-electron chi connectivity index (χ3n) is 4.20. The lowest BCUT2D eigenvalue weighted by molar-refractivity contribution is 0.415. The lowest BCUT2D eigenvalue weighted by Gasteiger charge is -2.13. The van der Waals surface area contributed by atoms with E-state index < -0.39 is 0 Å². The van der Waals surface area contributed by atoms with Gasteiger partial charge in [-0.3, -0.25) is 4.98 Å². The molecule has 0 saturated carbocycles. The van der Waals surface area contributed by atoms with Crippen LogP contribution in [0.1, 0.15) is 5.69 Å². The normalized spacial score (nSPS) is 10.9. The molecule has 0 radical (unpaired) electrons. The van der Waals surface area contributed by atoms with Crippen molar-refractivity contribution in [3.05, 3.63) is 72.4 Å². The van der Waals surface area contributed by atoms with Crippen molar-refractivity contribution in [2.45, 2.75) is 6.92 Å². The van der Waals surface area contributed by atoms with Gasteiger partial charge in [-0.05, 0) is 42.6 Å². The van der Waals surface area contributed by atoms with Crippen molar-refractivity contribution in [2.75, 3.05) is 12.4 Å². The first-order valence-corrected chi connectivity index (χ1v) is 7.95. The van der Waals surface area contributed by atoms with Gasteiger partial charge in [0.05, 0.1) is 12.6 Å². The van der Waals surface area contributed by atoms with Crippen molar-refractivity contribution in [1.29, 1.82) is 0 Å². The molecule has 1 heterocycles. The van der Waals surface area contributed by atoms with Gasteiger partial charge in [0.2, 0.25) is 0 Å². The van der Waals surface area contributed by atoms with Gasteiger partial charge in [-0.25, -0.2) is 0 Å². The van der Waals surface area contributed by atoms with Crippen molar-refractivity contribution in [1.82, 2.24) is 4.98 Å². The minimum absolute atomic E-state index is 0.828. The van der Waals surface area contributed by atoms with Crippen LogP contribution in [-0.2, 0) is 0 Å². The average molecular weight is 314 g/mol. The van der Waals surface area contributed by atoms with Crippen LogP contribution < -0.4 is 10.1 Å². The molecule has 24 heavy (non-hydrogen) atoms. The van der Waals surface area contributed by atoms with Crippen LogP contribution in [0.2, 0.25) is 0 Å². The van der Waals surface area contributed by atoms with Crippen LogP contribution in [0.5, 0.6) is 5.75 Å². The Kier molecular flexibility index (Phi) is 3.54. The van der Waals surface area contributed by atoms with Gasteiger partial charge in [0.15, 0.2) is 0 Å². The van der Waals surface area contributed by atoms with E-state index in [-0.39, 0.29) is 0 Å². The Bertz CT molecular complexity index is 1040. The van der Waals surface area contributed by atoms with Gasteiger partial charge in [0.25, 0.3) is 0 Å². The molecule has 3 nitrogen and oxygen atoms in total. The minimum atomic E-state index is 0.828. The van der Waals surface area contributed by atoms with E-state index in [1.54, 1.807) is 7.11 Å². The molecule has 0 saturated heterocycles. The number of aromatic nitrogens is 1. The lowest BCUT2D eigenvalue weighted by Crippen LogP contribution is -1.96. The quantitative estimate of drug-likeness (QED) is 0.546. The molecule has 0 bridgehead atoms. The highest BCUT2D eigenvalue weighted by Crippen LogP contribution is 2.32. The zero-order valence-electron chi connectivity index (χ0n) is 13.7. The van der Waals surface area contributed by atoms with E-state index in [1.807, 2.05) is 25.1 Å². The number of nitrogens with one attached hydrogen (secondary N) is 1. The summed E-state index contributed by atoms with van der Waals surface area (Å²) in [6.07, 6.45) is 0. The summed E-state index contributed by atoms with van der Waals surface area (Å²) in [5, 5.41) is 7.05. The van der Waals surface area contributed by atoms with Crippen molar-refractivity contribution in [2.24, 2.45) is 0 Å². The van der Waals surface area contributed by atoms with E-state index in [4.69, 9.17) is 4.74 Å². The number of aryl methyl sites for hydroxylation is 1. The zero-order chi connectivity index (χ0) is 16.5. The summed E-state index contributed by atoms with van der Waals surface area (Å²) >= 11 is 0. The smallest absolute Gasteiger partial charge is 0.119 e. The average Bonchev–Trinajstić information content (AvgIpc) is 2.61. The first-order chi connectivity index (χ1) is 11.7. The number of nitrogens with zero attached hydrogens (tertiary/aromatic N) is 1.